The van der Waals surface area contributed by atoms with Crippen molar-refractivity contribution in [3.05, 3.63) is 48.0 Å². The quantitative estimate of drug-likeness (QED) is 0.160. The number of aliphatic hydroxyl groups excluding tert-OH is 1. The summed E-state index contributed by atoms with van der Waals surface area (Å²) in [6, 6.07) is 9.54. The second-order valence-electron chi connectivity index (χ2n) is 25.4. The summed E-state index contributed by atoms with van der Waals surface area (Å²) in [5, 5.41) is 19.5. The van der Waals surface area contributed by atoms with Crippen LogP contribution in [-0.2, 0) is 25.5 Å². The third-order valence-corrected chi connectivity index (χ3v) is 20.6. The highest BCUT2D eigenvalue weighted by atomic mass is 16.5. The normalized spacial score (nSPS) is 41.4. The second-order valence-corrected chi connectivity index (χ2v) is 25.4. The summed E-state index contributed by atoms with van der Waals surface area (Å²) >= 11 is 0. The third kappa shape index (κ3) is 8.25. The van der Waals surface area contributed by atoms with Crippen LogP contribution >= 0.6 is 0 Å². The van der Waals surface area contributed by atoms with Crippen LogP contribution in [0.1, 0.15) is 171 Å². The van der Waals surface area contributed by atoms with Gasteiger partial charge in [0, 0.05) is 31.0 Å². The van der Waals surface area contributed by atoms with Gasteiger partial charge < -0.3 is 20.5 Å². The van der Waals surface area contributed by atoms with E-state index in [1.54, 1.807) is 6.92 Å². The van der Waals surface area contributed by atoms with Crippen LogP contribution in [0, 0.1) is 68.5 Å². The Morgan fingerprint density at radius 1 is 0.844 bits per heavy atom. The Balaban J connectivity index is 1.07. The predicted octanol–water partition coefficient (Wildman–Crippen LogP) is 10.5. The van der Waals surface area contributed by atoms with Gasteiger partial charge in [-0.05, 0) is 174 Å². The van der Waals surface area contributed by atoms with E-state index in [2.05, 4.69) is 75.8 Å². The number of esters is 1. The number of nitrogens with one attached hydrogen (secondary N) is 2. The fourth-order valence-electron chi connectivity index (χ4n) is 17.4. The van der Waals surface area contributed by atoms with E-state index in [9.17, 15) is 14.7 Å². The lowest BCUT2D eigenvalue weighted by atomic mass is 9.32. The van der Waals surface area contributed by atoms with E-state index >= 15 is 4.79 Å². The summed E-state index contributed by atoms with van der Waals surface area (Å²) in [5.74, 6) is 3.05. The molecule has 6 aliphatic carbocycles. The fourth-order valence-corrected chi connectivity index (χ4v) is 17.4. The van der Waals surface area contributed by atoms with Crippen molar-refractivity contribution in [1.29, 1.82) is 0 Å². The summed E-state index contributed by atoms with van der Waals surface area (Å²) < 4.78 is 6.03. The summed E-state index contributed by atoms with van der Waals surface area (Å²) in [7, 11) is 0. The zero-order valence-corrected chi connectivity index (χ0v) is 41.7. The SMILES string of the molecule is C=C(C)C1CC[C@]2(C(=O)N[C@@H](Cc3ccccc3)[C@H](O)CN3C[C@H]4CCCC[C@H]4C[C@H]3C(=O)NC(C)(C)C)CC[C@]3(C)[C@H](CC[C@@H]4[C@@]5(C)CC[C@H](OC(C)=O)C(C)(C)[C@@H]5CC[C@]43C)[C@@H]12. The molecule has 1 aliphatic heterocycles. The van der Waals surface area contributed by atoms with Crippen LogP contribution in [0.2, 0.25) is 0 Å². The second kappa shape index (κ2) is 17.4. The Kier molecular flexibility index (Phi) is 13.0. The maximum absolute atomic E-state index is 15.7. The molecular formula is C56H87N3O5. The standard InChI is InChI=1S/C56H87N3O5/c1-35(2)40-23-28-56(30-29-54(10)41(48(40)56)21-22-46-53(9)26-25-47(64-36(3)60)52(7,8)45(53)24-27-55(46,54)11)50(63)57-42(31-37-17-13-12-14-18-37)44(61)34-59-33-39-20-16-15-19-38(39)32-43(59)49(62)58-51(4,5)6/h12-14,17-18,38-48,61H,1,15-16,19-34H2,2-11H3,(H,57,63)(H,58,62)/t38-,39+,40?,41+,42-,43-,44+,45-,46+,47-,48+,53-,54+,55+,56-/m0/s1. The number of β-amino-alcohol motifs (C(OH)–C–C–N with tert-alkyl or cyclic N) is 1. The first-order valence-corrected chi connectivity index (χ1v) is 26.0. The number of carbonyl (C=O) groups is 3. The first-order valence-electron chi connectivity index (χ1n) is 26.0. The largest absolute Gasteiger partial charge is 0.462 e. The number of hydrogen-bond donors (Lipinski definition) is 3. The summed E-state index contributed by atoms with van der Waals surface area (Å²) in [4.78, 5) is 44.2. The minimum Gasteiger partial charge on any atom is -0.462 e. The molecular weight excluding hydrogens is 795 g/mol. The Morgan fingerprint density at radius 2 is 1.55 bits per heavy atom. The zero-order chi connectivity index (χ0) is 46.2. The maximum atomic E-state index is 15.7. The molecule has 1 heterocycles. The van der Waals surface area contributed by atoms with Crippen LogP contribution in [0.25, 0.3) is 0 Å². The van der Waals surface area contributed by atoms with Gasteiger partial charge in [-0.25, -0.2) is 0 Å². The topological polar surface area (TPSA) is 108 Å². The minimum atomic E-state index is -0.846. The summed E-state index contributed by atoms with van der Waals surface area (Å²) in [5.41, 5.74) is 1.72. The van der Waals surface area contributed by atoms with Crippen molar-refractivity contribution in [2.24, 2.45) is 68.5 Å². The van der Waals surface area contributed by atoms with Crippen molar-refractivity contribution >= 4 is 17.8 Å². The number of fused-ring (bicyclic) bond motifs is 8. The van der Waals surface area contributed by atoms with E-state index in [-0.39, 0.29) is 69.0 Å². The van der Waals surface area contributed by atoms with E-state index in [1.165, 1.54) is 44.1 Å². The number of likely N-dealkylation sites (tertiary alicyclic amines) is 1. The number of allylic oxidation sites excluding steroid dienone is 1. The van der Waals surface area contributed by atoms with E-state index < -0.39 is 17.6 Å². The van der Waals surface area contributed by atoms with Crippen LogP contribution in [0.4, 0.5) is 0 Å². The lowest BCUT2D eigenvalue weighted by molar-refractivity contribution is -0.249. The van der Waals surface area contributed by atoms with Gasteiger partial charge in [0.1, 0.15) is 6.10 Å². The molecule has 8 heteroatoms. The zero-order valence-electron chi connectivity index (χ0n) is 41.7. The Morgan fingerprint density at radius 3 is 2.22 bits per heavy atom. The predicted molar refractivity (Wildman–Crippen MR) is 256 cm³/mol. The van der Waals surface area contributed by atoms with Crippen molar-refractivity contribution in [2.45, 2.75) is 202 Å². The number of aliphatic hydroxyl groups is 1. The average molecular weight is 882 g/mol. The molecule has 0 bridgehead atoms. The molecule has 1 unspecified atom stereocenters. The van der Waals surface area contributed by atoms with Gasteiger partial charge in [-0.3, -0.25) is 19.3 Å². The van der Waals surface area contributed by atoms with Gasteiger partial charge in [-0.1, -0.05) is 96.4 Å². The molecule has 8 nitrogen and oxygen atoms in total. The smallest absolute Gasteiger partial charge is 0.302 e. The van der Waals surface area contributed by atoms with Crippen molar-refractivity contribution in [2.75, 3.05) is 13.1 Å². The van der Waals surface area contributed by atoms with Gasteiger partial charge in [0.25, 0.3) is 0 Å². The molecule has 0 radical (unpaired) electrons. The molecule has 64 heavy (non-hydrogen) atoms. The van der Waals surface area contributed by atoms with E-state index in [1.807, 2.05) is 39.0 Å². The molecule has 6 saturated carbocycles. The number of carbonyl (C=O) groups excluding carboxylic acids is 3. The van der Waals surface area contributed by atoms with Gasteiger partial charge in [0.05, 0.1) is 23.6 Å². The highest BCUT2D eigenvalue weighted by Crippen LogP contribution is 2.77. The van der Waals surface area contributed by atoms with E-state index in [0.717, 1.165) is 69.9 Å². The number of benzene rings is 1. The van der Waals surface area contributed by atoms with E-state index in [4.69, 9.17) is 4.74 Å². The summed E-state index contributed by atoms with van der Waals surface area (Å²) in [6.45, 7) is 28.3. The molecule has 15 atom stereocenters. The fraction of sp³-hybridized carbons (Fsp3) is 0.804. The monoisotopic (exact) mass is 882 g/mol. The minimum absolute atomic E-state index is 0.0364. The molecule has 3 N–H and O–H groups in total. The first-order chi connectivity index (χ1) is 30.0. The summed E-state index contributed by atoms with van der Waals surface area (Å²) in [6.07, 6.45) is 15.7. The number of hydrogen-bond acceptors (Lipinski definition) is 6. The molecule has 8 rings (SSSR count). The maximum Gasteiger partial charge on any atom is 0.302 e. The van der Waals surface area contributed by atoms with Gasteiger partial charge >= 0.3 is 5.97 Å². The number of rotatable bonds is 10. The molecule has 1 saturated heterocycles. The molecule has 2 amide bonds. The molecule has 356 valence electrons. The van der Waals surface area contributed by atoms with Gasteiger partial charge in [0.2, 0.25) is 11.8 Å². The van der Waals surface area contributed by atoms with Crippen LogP contribution < -0.4 is 10.6 Å². The first kappa shape index (κ1) is 47.8. The number of nitrogens with zero attached hydrogens (tertiary/aromatic N) is 1. The van der Waals surface area contributed by atoms with Gasteiger partial charge in [-0.2, -0.15) is 0 Å². The molecule has 7 fully saturated rings. The van der Waals surface area contributed by atoms with Crippen molar-refractivity contribution < 1.29 is 24.2 Å². The Bertz CT molecular complexity index is 1910. The Labute approximate surface area is 387 Å². The van der Waals surface area contributed by atoms with Crippen LogP contribution in [-0.4, -0.2) is 70.7 Å². The lowest BCUT2D eigenvalue weighted by Gasteiger charge is -2.72. The highest BCUT2D eigenvalue weighted by molar-refractivity contribution is 5.84. The highest BCUT2D eigenvalue weighted by Gasteiger charge is 2.72. The van der Waals surface area contributed by atoms with Crippen LogP contribution in [0.15, 0.2) is 42.5 Å². The van der Waals surface area contributed by atoms with Crippen LogP contribution in [0.5, 0.6) is 0 Å². The van der Waals surface area contributed by atoms with E-state index in [0.29, 0.717) is 42.6 Å². The average Bonchev–Trinajstić information content (AvgIpc) is 3.63. The van der Waals surface area contributed by atoms with Crippen molar-refractivity contribution in [3.8, 4) is 0 Å². The molecule has 7 aliphatic rings. The third-order valence-electron chi connectivity index (χ3n) is 20.6. The number of amides is 2. The Hall–Kier alpha value is -2.71. The molecule has 1 aromatic rings. The molecule has 0 spiro atoms. The van der Waals surface area contributed by atoms with Gasteiger partial charge in [-0.15, -0.1) is 0 Å². The van der Waals surface area contributed by atoms with Crippen LogP contribution in [0.3, 0.4) is 0 Å². The number of ether oxygens (including phenoxy) is 1. The number of piperidine rings is 1. The van der Waals surface area contributed by atoms with Crippen molar-refractivity contribution in [1.82, 2.24) is 15.5 Å². The van der Waals surface area contributed by atoms with Crippen molar-refractivity contribution in [3.63, 3.8) is 0 Å². The molecule has 0 aromatic heterocycles. The lowest BCUT2D eigenvalue weighted by Crippen LogP contribution is -2.68. The van der Waals surface area contributed by atoms with Gasteiger partial charge in [0.15, 0.2) is 0 Å². The molecule has 1 aromatic carbocycles.